The predicted molar refractivity (Wildman–Crippen MR) is 109 cm³/mol. The number of nitrogens with one attached hydrogen (secondary N) is 1. The first-order chi connectivity index (χ1) is 13.7. The lowest BCUT2D eigenvalue weighted by atomic mass is 10.2. The van der Waals surface area contributed by atoms with Crippen LogP contribution in [0.25, 0.3) is 16.9 Å². The molecule has 0 aliphatic carbocycles. The molecule has 0 spiro atoms. The molecule has 8 heteroatoms. The van der Waals surface area contributed by atoms with Gasteiger partial charge in [0.2, 0.25) is 5.91 Å². The maximum Gasteiger partial charge on any atom is 0.221 e. The fraction of sp³-hybridized carbons (Fsp3) is 0.200. The number of rotatable bonds is 7. The second kappa shape index (κ2) is 8.26. The van der Waals surface area contributed by atoms with E-state index in [1.165, 1.54) is 11.8 Å². The van der Waals surface area contributed by atoms with Crippen LogP contribution in [0.4, 0.5) is 0 Å². The van der Waals surface area contributed by atoms with Gasteiger partial charge in [0.05, 0.1) is 18.3 Å². The molecule has 0 atom stereocenters. The summed E-state index contributed by atoms with van der Waals surface area (Å²) in [5.74, 6) is 2.26. The molecule has 0 saturated heterocycles. The molecule has 0 saturated carbocycles. The quantitative estimate of drug-likeness (QED) is 0.489. The first-order valence-corrected chi connectivity index (χ1v) is 9.96. The molecule has 3 aromatic heterocycles. The number of amides is 1. The molecule has 4 rings (SSSR count). The van der Waals surface area contributed by atoms with Gasteiger partial charge in [0.15, 0.2) is 11.0 Å². The molecule has 0 aliphatic heterocycles. The molecule has 142 valence electrons. The molecule has 0 unspecified atom stereocenters. The predicted octanol–water partition coefficient (Wildman–Crippen LogP) is 2.93. The van der Waals surface area contributed by atoms with Gasteiger partial charge in [-0.25, -0.2) is 4.98 Å². The Balaban J connectivity index is 1.28. The highest BCUT2D eigenvalue weighted by Gasteiger charge is 2.12. The van der Waals surface area contributed by atoms with Gasteiger partial charge in [-0.2, -0.15) is 0 Å². The highest BCUT2D eigenvalue weighted by Crippen LogP contribution is 2.22. The minimum atomic E-state index is -0.00867. The van der Waals surface area contributed by atoms with Gasteiger partial charge in [0, 0.05) is 31.0 Å². The number of nitrogens with zero attached hydrogens (tertiary/aromatic N) is 5. The molecule has 1 amide bonds. The minimum Gasteiger partial charge on any atom is -0.349 e. The molecule has 0 aliphatic rings. The van der Waals surface area contributed by atoms with Crippen molar-refractivity contribution in [3.8, 4) is 11.4 Å². The Hall–Kier alpha value is -3.13. The second-order valence-electron chi connectivity index (χ2n) is 6.28. The van der Waals surface area contributed by atoms with Crippen LogP contribution in [0.5, 0.6) is 0 Å². The van der Waals surface area contributed by atoms with E-state index >= 15 is 0 Å². The summed E-state index contributed by atoms with van der Waals surface area (Å²) in [5.41, 5.74) is 2.04. The van der Waals surface area contributed by atoms with Gasteiger partial charge in [0.25, 0.3) is 0 Å². The Morgan fingerprint density at radius 3 is 2.79 bits per heavy atom. The average Bonchev–Trinajstić information content (AvgIpc) is 3.31. The first-order valence-electron chi connectivity index (χ1n) is 8.97. The zero-order valence-corrected chi connectivity index (χ0v) is 16.3. The maximum absolute atomic E-state index is 12.2. The van der Waals surface area contributed by atoms with E-state index in [0.29, 0.717) is 18.7 Å². The van der Waals surface area contributed by atoms with Gasteiger partial charge in [-0.1, -0.05) is 48.2 Å². The molecular weight excluding hydrogens is 372 g/mol. The smallest absolute Gasteiger partial charge is 0.221 e. The Bertz CT molecular complexity index is 1090. The second-order valence-corrected chi connectivity index (χ2v) is 7.34. The van der Waals surface area contributed by atoms with E-state index in [2.05, 4.69) is 20.5 Å². The van der Waals surface area contributed by atoms with Crippen molar-refractivity contribution >= 4 is 23.2 Å². The normalized spacial score (nSPS) is 11.0. The van der Waals surface area contributed by atoms with Crippen LogP contribution in [0.2, 0.25) is 0 Å². The van der Waals surface area contributed by atoms with Crippen molar-refractivity contribution in [2.75, 3.05) is 5.75 Å². The Morgan fingerprint density at radius 2 is 1.93 bits per heavy atom. The van der Waals surface area contributed by atoms with Crippen LogP contribution >= 0.6 is 11.8 Å². The summed E-state index contributed by atoms with van der Waals surface area (Å²) in [7, 11) is 1.94. The minimum absolute atomic E-state index is 0.00867. The summed E-state index contributed by atoms with van der Waals surface area (Å²) in [6, 6.07) is 15.8. The first kappa shape index (κ1) is 18.2. The molecule has 1 N–H and O–H groups in total. The standard InChI is InChI=1S/C20H20N6OS/c1-25-19(15-7-3-2-4-8-15)23-24-20(25)28-12-10-18(27)22-14-17-21-13-16-9-5-6-11-26(16)17/h2-9,11,13H,10,12,14H2,1H3,(H,22,27). The number of carbonyl (C=O) groups is 1. The summed E-state index contributed by atoms with van der Waals surface area (Å²) < 4.78 is 3.92. The zero-order valence-electron chi connectivity index (χ0n) is 15.4. The summed E-state index contributed by atoms with van der Waals surface area (Å²) in [4.78, 5) is 16.5. The van der Waals surface area contributed by atoms with Crippen LogP contribution in [-0.4, -0.2) is 35.8 Å². The maximum atomic E-state index is 12.2. The molecule has 0 bridgehead atoms. The molecule has 7 nitrogen and oxygen atoms in total. The van der Waals surface area contributed by atoms with Crippen molar-refractivity contribution in [3.05, 3.63) is 66.7 Å². The van der Waals surface area contributed by atoms with Gasteiger partial charge >= 0.3 is 0 Å². The third kappa shape index (κ3) is 3.91. The SMILES string of the molecule is Cn1c(SCCC(=O)NCc2ncc3ccccn23)nnc1-c1ccccc1. The van der Waals surface area contributed by atoms with E-state index < -0.39 is 0 Å². The van der Waals surface area contributed by atoms with Gasteiger partial charge in [-0.3, -0.25) is 4.79 Å². The van der Waals surface area contributed by atoms with E-state index in [9.17, 15) is 4.79 Å². The van der Waals surface area contributed by atoms with Crippen LogP contribution in [-0.2, 0) is 18.4 Å². The fourth-order valence-electron chi connectivity index (χ4n) is 2.91. The lowest BCUT2D eigenvalue weighted by molar-refractivity contribution is -0.120. The Labute approximate surface area is 166 Å². The number of hydrogen-bond acceptors (Lipinski definition) is 5. The lowest BCUT2D eigenvalue weighted by Gasteiger charge is -2.06. The molecule has 0 radical (unpaired) electrons. The molecule has 28 heavy (non-hydrogen) atoms. The van der Waals surface area contributed by atoms with E-state index in [-0.39, 0.29) is 5.91 Å². The van der Waals surface area contributed by atoms with Crippen molar-refractivity contribution in [1.82, 2.24) is 29.5 Å². The van der Waals surface area contributed by atoms with Crippen LogP contribution in [0.15, 0.2) is 66.1 Å². The summed E-state index contributed by atoms with van der Waals surface area (Å²) >= 11 is 1.52. The van der Waals surface area contributed by atoms with E-state index in [0.717, 1.165) is 27.9 Å². The summed E-state index contributed by atoms with van der Waals surface area (Å²) in [6.45, 7) is 0.407. The Kier molecular flexibility index (Phi) is 5.38. The topological polar surface area (TPSA) is 77.1 Å². The third-order valence-corrected chi connectivity index (χ3v) is 5.41. The van der Waals surface area contributed by atoms with Gasteiger partial charge in [0.1, 0.15) is 5.82 Å². The average molecular weight is 392 g/mol. The molecular formula is C20H20N6OS. The highest BCUT2D eigenvalue weighted by molar-refractivity contribution is 7.99. The monoisotopic (exact) mass is 392 g/mol. The van der Waals surface area contributed by atoms with Crippen LogP contribution < -0.4 is 5.32 Å². The van der Waals surface area contributed by atoms with Crippen LogP contribution in [0, 0.1) is 0 Å². The fourth-order valence-corrected chi connectivity index (χ4v) is 3.76. The van der Waals surface area contributed by atoms with Crippen LogP contribution in [0.3, 0.4) is 0 Å². The van der Waals surface area contributed by atoms with Crippen LogP contribution in [0.1, 0.15) is 12.2 Å². The van der Waals surface area contributed by atoms with Gasteiger partial charge < -0.3 is 14.3 Å². The Morgan fingerprint density at radius 1 is 1.11 bits per heavy atom. The van der Waals surface area contributed by atoms with Crippen molar-refractivity contribution in [2.24, 2.45) is 7.05 Å². The van der Waals surface area contributed by atoms with E-state index in [1.807, 2.05) is 70.7 Å². The number of pyridine rings is 1. The van der Waals surface area contributed by atoms with Gasteiger partial charge in [-0.15, -0.1) is 10.2 Å². The number of aromatic nitrogens is 5. The van der Waals surface area contributed by atoms with Crippen molar-refractivity contribution in [3.63, 3.8) is 0 Å². The number of thioether (sulfide) groups is 1. The number of fused-ring (bicyclic) bond motifs is 1. The van der Waals surface area contributed by atoms with Crippen molar-refractivity contribution < 1.29 is 4.79 Å². The molecule has 0 fully saturated rings. The number of hydrogen-bond donors (Lipinski definition) is 1. The zero-order chi connectivity index (χ0) is 19.3. The number of carbonyl (C=O) groups excluding carboxylic acids is 1. The lowest BCUT2D eigenvalue weighted by Crippen LogP contribution is -2.24. The number of benzene rings is 1. The largest absolute Gasteiger partial charge is 0.349 e. The van der Waals surface area contributed by atoms with Gasteiger partial charge in [-0.05, 0) is 12.1 Å². The van der Waals surface area contributed by atoms with E-state index in [4.69, 9.17) is 0 Å². The third-order valence-electron chi connectivity index (χ3n) is 4.39. The summed E-state index contributed by atoms with van der Waals surface area (Å²) in [5, 5.41) is 12.2. The van der Waals surface area contributed by atoms with Crippen molar-refractivity contribution in [1.29, 1.82) is 0 Å². The summed E-state index contributed by atoms with van der Waals surface area (Å²) in [6.07, 6.45) is 4.15. The highest BCUT2D eigenvalue weighted by atomic mass is 32.2. The molecule has 4 aromatic rings. The van der Waals surface area contributed by atoms with Crippen molar-refractivity contribution in [2.45, 2.75) is 18.1 Å². The van der Waals surface area contributed by atoms with E-state index in [1.54, 1.807) is 6.20 Å². The molecule has 1 aromatic carbocycles. The number of imidazole rings is 1. The molecule has 3 heterocycles.